The van der Waals surface area contributed by atoms with Gasteiger partial charge in [-0.05, 0) is 40.2 Å². The number of pyridine rings is 1. The predicted molar refractivity (Wildman–Crippen MR) is 78.6 cm³/mol. The molecule has 1 aromatic carbocycles. The van der Waals surface area contributed by atoms with Crippen LogP contribution in [0.3, 0.4) is 0 Å². The number of nitrogens with zero attached hydrogens (tertiary/aromatic N) is 1. The van der Waals surface area contributed by atoms with Crippen LogP contribution in [0.25, 0.3) is 0 Å². The van der Waals surface area contributed by atoms with Gasteiger partial charge in [0.05, 0.1) is 15.6 Å². The molecule has 2 aromatic rings. The van der Waals surface area contributed by atoms with Gasteiger partial charge in [0.15, 0.2) is 0 Å². The smallest absolute Gasteiger partial charge is 0.337 e. The highest BCUT2D eigenvalue weighted by Crippen LogP contribution is 2.29. The van der Waals surface area contributed by atoms with E-state index in [1.165, 1.54) is 12.3 Å². The summed E-state index contributed by atoms with van der Waals surface area (Å²) in [5.41, 5.74) is 0.732. The Morgan fingerprint density at radius 3 is 2.58 bits per heavy atom. The number of benzene rings is 1. The molecular weight excluding hydrogens is 355 g/mol. The van der Waals surface area contributed by atoms with Gasteiger partial charge in [0.1, 0.15) is 5.82 Å². The van der Waals surface area contributed by atoms with Gasteiger partial charge in [-0.25, -0.2) is 9.78 Å². The van der Waals surface area contributed by atoms with E-state index < -0.39 is 5.97 Å². The summed E-state index contributed by atoms with van der Waals surface area (Å²) in [5.74, 6) is -0.710. The van der Waals surface area contributed by atoms with Crippen molar-refractivity contribution in [1.29, 1.82) is 0 Å². The van der Waals surface area contributed by atoms with E-state index in [1.54, 1.807) is 18.2 Å². The van der Waals surface area contributed by atoms with Crippen LogP contribution in [0, 0.1) is 0 Å². The van der Waals surface area contributed by atoms with Crippen LogP contribution in [0.4, 0.5) is 11.5 Å². The third kappa shape index (κ3) is 3.37. The Bertz CT molecular complexity index is 650. The van der Waals surface area contributed by atoms with Gasteiger partial charge >= 0.3 is 5.97 Å². The minimum atomic E-state index is -1.08. The lowest BCUT2D eigenvalue weighted by Crippen LogP contribution is -2.00. The van der Waals surface area contributed by atoms with Crippen molar-refractivity contribution in [3.05, 3.63) is 50.5 Å². The highest BCUT2D eigenvalue weighted by atomic mass is 79.9. The van der Waals surface area contributed by atoms with E-state index in [2.05, 4.69) is 26.2 Å². The van der Waals surface area contributed by atoms with Gasteiger partial charge in [-0.15, -0.1) is 0 Å². The summed E-state index contributed by atoms with van der Waals surface area (Å²) < 4.78 is 0.778. The number of aromatic carboxylic acids is 1. The molecule has 1 aromatic heterocycles. The second-order valence-electron chi connectivity index (χ2n) is 3.61. The van der Waals surface area contributed by atoms with Gasteiger partial charge in [0.2, 0.25) is 0 Å². The number of hydrogen-bond acceptors (Lipinski definition) is 3. The van der Waals surface area contributed by atoms with Crippen LogP contribution in [0.15, 0.2) is 34.9 Å². The average molecular weight is 362 g/mol. The third-order valence-electron chi connectivity index (χ3n) is 2.27. The topological polar surface area (TPSA) is 62.2 Å². The van der Waals surface area contributed by atoms with E-state index in [-0.39, 0.29) is 10.6 Å². The maximum Gasteiger partial charge on any atom is 0.337 e. The molecule has 4 nitrogen and oxygen atoms in total. The van der Waals surface area contributed by atoms with Crippen LogP contribution in [0.5, 0.6) is 0 Å². The summed E-state index contributed by atoms with van der Waals surface area (Å²) in [7, 11) is 0. The van der Waals surface area contributed by atoms with Crippen molar-refractivity contribution in [3.8, 4) is 0 Å². The molecule has 0 fully saturated rings. The lowest BCUT2D eigenvalue weighted by atomic mass is 10.2. The number of anilines is 2. The molecule has 2 rings (SSSR count). The Morgan fingerprint density at radius 2 is 2.00 bits per heavy atom. The van der Waals surface area contributed by atoms with E-state index in [9.17, 15) is 4.79 Å². The zero-order valence-electron chi connectivity index (χ0n) is 9.32. The van der Waals surface area contributed by atoms with Crippen LogP contribution in [-0.2, 0) is 0 Å². The van der Waals surface area contributed by atoms with Crippen LogP contribution in [-0.4, -0.2) is 16.1 Å². The first kappa shape index (κ1) is 14.1. The molecular formula is C12H7BrCl2N2O2. The molecule has 0 aliphatic carbocycles. The molecule has 1 heterocycles. The van der Waals surface area contributed by atoms with Crippen molar-refractivity contribution in [2.75, 3.05) is 5.32 Å². The first-order valence-electron chi connectivity index (χ1n) is 5.08. The van der Waals surface area contributed by atoms with Gasteiger partial charge in [0, 0.05) is 16.4 Å². The highest BCUT2D eigenvalue weighted by molar-refractivity contribution is 9.10. The zero-order chi connectivity index (χ0) is 14.0. The fourth-order valence-corrected chi connectivity index (χ4v) is 2.00. The van der Waals surface area contributed by atoms with Crippen molar-refractivity contribution >= 4 is 56.6 Å². The molecule has 0 atom stereocenters. The molecule has 2 N–H and O–H groups in total. The summed E-state index contributed by atoms with van der Waals surface area (Å²) in [6.07, 6.45) is 1.23. The average Bonchev–Trinajstić information content (AvgIpc) is 2.36. The molecule has 0 amide bonds. The fraction of sp³-hybridized carbons (Fsp3) is 0. The van der Waals surface area contributed by atoms with Crippen molar-refractivity contribution in [2.45, 2.75) is 0 Å². The number of nitrogens with one attached hydrogen (secondary N) is 1. The van der Waals surface area contributed by atoms with Gasteiger partial charge in [0.25, 0.3) is 0 Å². The number of carboxylic acid groups (broad SMARTS) is 1. The number of rotatable bonds is 3. The van der Waals surface area contributed by atoms with Crippen molar-refractivity contribution < 1.29 is 9.90 Å². The quantitative estimate of drug-likeness (QED) is 0.839. The molecule has 0 aliphatic rings. The lowest BCUT2D eigenvalue weighted by Gasteiger charge is -2.08. The normalized spacial score (nSPS) is 10.3. The van der Waals surface area contributed by atoms with Crippen molar-refractivity contribution in [2.24, 2.45) is 0 Å². The Balaban J connectivity index is 2.28. The summed E-state index contributed by atoms with van der Waals surface area (Å²) in [6, 6.07) is 6.61. The Kier molecular flexibility index (Phi) is 4.29. The molecule has 0 radical (unpaired) electrons. The number of carbonyl (C=O) groups is 1. The maximum absolute atomic E-state index is 10.8. The first-order valence-corrected chi connectivity index (χ1v) is 6.63. The van der Waals surface area contributed by atoms with Gasteiger partial charge in [-0.3, -0.25) is 0 Å². The zero-order valence-corrected chi connectivity index (χ0v) is 12.4. The number of halogens is 3. The van der Waals surface area contributed by atoms with Crippen LogP contribution < -0.4 is 5.32 Å². The third-order valence-corrected chi connectivity index (χ3v) is 3.79. The van der Waals surface area contributed by atoms with Crippen molar-refractivity contribution in [3.63, 3.8) is 0 Å². The molecule has 98 valence electrons. The second kappa shape index (κ2) is 5.77. The van der Waals surface area contributed by atoms with Gasteiger partial charge in [-0.1, -0.05) is 23.2 Å². The minimum Gasteiger partial charge on any atom is -0.478 e. The Hall–Kier alpha value is -1.30. The van der Waals surface area contributed by atoms with Crippen LogP contribution >= 0.6 is 39.1 Å². The molecule has 0 saturated carbocycles. The molecule has 0 bridgehead atoms. The van der Waals surface area contributed by atoms with E-state index in [1.807, 2.05) is 0 Å². The minimum absolute atomic E-state index is 0.0318. The van der Waals surface area contributed by atoms with E-state index in [0.29, 0.717) is 16.5 Å². The Labute approximate surface area is 127 Å². The molecule has 0 saturated heterocycles. The molecule has 7 heteroatoms. The summed E-state index contributed by atoms with van der Waals surface area (Å²) in [5, 5.41) is 12.5. The summed E-state index contributed by atoms with van der Waals surface area (Å²) >= 11 is 15.2. The van der Waals surface area contributed by atoms with Crippen molar-refractivity contribution in [1.82, 2.24) is 4.98 Å². The fourth-order valence-electron chi connectivity index (χ4n) is 1.36. The standard InChI is InChI=1S/C12H7BrCl2N2O2/c13-8-2-1-7(4-9(8)14)17-11-10(15)3-6(5-16-11)12(18)19/h1-5H,(H,16,17)(H,18,19). The lowest BCUT2D eigenvalue weighted by molar-refractivity contribution is 0.0696. The van der Waals surface area contributed by atoms with Crippen LogP contribution in [0.2, 0.25) is 10.0 Å². The Morgan fingerprint density at radius 1 is 1.26 bits per heavy atom. The maximum atomic E-state index is 10.8. The van der Waals surface area contributed by atoms with E-state index >= 15 is 0 Å². The summed E-state index contributed by atoms with van der Waals surface area (Å²) in [4.78, 5) is 14.7. The first-order chi connectivity index (χ1) is 8.97. The molecule has 19 heavy (non-hydrogen) atoms. The largest absolute Gasteiger partial charge is 0.478 e. The predicted octanol–water partition coefficient (Wildman–Crippen LogP) is 4.59. The number of hydrogen-bond donors (Lipinski definition) is 2. The van der Waals surface area contributed by atoms with Gasteiger partial charge < -0.3 is 10.4 Å². The van der Waals surface area contributed by atoms with E-state index in [4.69, 9.17) is 28.3 Å². The number of carboxylic acids is 1. The molecule has 0 aliphatic heterocycles. The molecule has 0 spiro atoms. The second-order valence-corrected chi connectivity index (χ2v) is 5.28. The SMILES string of the molecule is O=C(O)c1cnc(Nc2ccc(Br)c(Cl)c2)c(Cl)c1. The monoisotopic (exact) mass is 360 g/mol. The van der Waals surface area contributed by atoms with E-state index in [0.717, 1.165) is 4.47 Å². The highest BCUT2D eigenvalue weighted by Gasteiger charge is 2.09. The molecule has 0 unspecified atom stereocenters. The van der Waals surface area contributed by atoms with Gasteiger partial charge in [-0.2, -0.15) is 0 Å². The summed E-state index contributed by atoms with van der Waals surface area (Å²) in [6.45, 7) is 0. The van der Waals surface area contributed by atoms with Crippen LogP contribution in [0.1, 0.15) is 10.4 Å². The number of aromatic nitrogens is 1.